The first-order chi connectivity index (χ1) is 6.93. The van der Waals surface area contributed by atoms with E-state index in [1.165, 1.54) is 6.92 Å². The lowest BCUT2D eigenvalue weighted by molar-refractivity contribution is 0.0131. The van der Waals surface area contributed by atoms with Crippen molar-refractivity contribution in [1.82, 2.24) is 9.97 Å². The van der Waals surface area contributed by atoms with Crippen LogP contribution in [0.2, 0.25) is 0 Å². The first-order valence-electron chi connectivity index (χ1n) is 4.61. The SMILES string of the molecule is Cc1cc(NCC(C)(O)CO)nc(N)n1. The second-order valence-electron chi connectivity index (χ2n) is 3.76. The van der Waals surface area contributed by atoms with Crippen LogP contribution in [0.1, 0.15) is 12.6 Å². The zero-order valence-electron chi connectivity index (χ0n) is 8.86. The number of nitrogens with two attached hydrogens (primary N) is 1. The number of nitrogen functional groups attached to an aromatic ring is 1. The number of aliphatic hydroxyl groups excluding tert-OH is 1. The maximum atomic E-state index is 9.54. The van der Waals surface area contributed by atoms with Crippen LogP contribution in [0.3, 0.4) is 0 Å². The first-order valence-corrected chi connectivity index (χ1v) is 4.61. The highest BCUT2D eigenvalue weighted by atomic mass is 16.3. The van der Waals surface area contributed by atoms with Crippen LogP contribution in [-0.2, 0) is 0 Å². The summed E-state index contributed by atoms with van der Waals surface area (Å²) in [5.41, 5.74) is 5.03. The number of aryl methyl sites for hydroxylation is 1. The van der Waals surface area contributed by atoms with Gasteiger partial charge in [-0.15, -0.1) is 0 Å². The average molecular weight is 212 g/mol. The predicted octanol–water partition coefficient (Wildman–Crippen LogP) is -0.478. The molecule has 0 saturated heterocycles. The smallest absolute Gasteiger partial charge is 0.222 e. The minimum Gasteiger partial charge on any atom is -0.393 e. The molecular formula is C9H16N4O2. The molecule has 0 radical (unpaired) electrons. The second kappa shape index (κ2) is 4.41. The van der Waals surface area contributed by atoms with Crippen molar-refractivity contribution < 1.29 is 10.2 Å². The molecule has 1 heterocycles. The van der Waals surface area contributed by atoms with E-state index in [1.807, 2.05) is 0 Å². The Hall–Kier alpha value is -1.40. The Labute approximate surface area is 88.2 Å². The van der Waals surface area contributed by atoms with Gasteiger partial charge in [0.1, 0.15) is 11.4 Å². The van der Waals surface area contributed by atoms with Gasteiger partial charge in [0.15, 0.2) is 0 Å². The van der Waals surface area contributed by atoms with Crippen LogP contribution >= 0.6 is 0 Å². The van der Waals surface area contributed by atoms with E-state index in [0.29, 0.717) is 5.82 Å². The first kappa shape index (κ1) is 11.7. The summed E-state index contributed by atoms with van der Waals surface area (Å²) in [4.78, 5) is 7.85. The molecule has 6 nitrogen and oxygen atoms in total. The zero-order valence-corrected chi connectivity index (χ0v) is 8.86. The fourth-order valence-electron chi connectivity index (χ4n) is 1.02. The minimum absolute atomic E-state index is 0.182. The Morgan fingerprint density at radius 1 is 1.53 bits per heavy atom. The van der Waals surface area contributed by atoms with Gasteiger partial charge in [-0.3, -0.25) is 0 Å². The normalized spacial score (nSPS) is 14.7. The van der Waals surface area contributed by atoms with Gasteiger partial charge in [-0.2, -0.15) is 4.98 Å². The lowest BCUT2D eigenvalue weighted by Crippen LogP contribution is -2.37. The van der Waals surface area contributed by atoms with Gasteiger partial charge in [0.25, 0.3) is 0 Å². The summed E-state index contributed by atoms with van der Waals surface area (Å²) in [5, 5.41) is 21.2. The van der Waals surface area contributed by atoms with Gasteiger partial charge in [-0.1, -0.05) is 0 Å². The lowest BCUT2D eigenvalue weighted by Gasteiger charge is -2.20. The Balaban J connectivity index is 2.65. The summed E-state index contributed by atoms with van der Waals surface area (Å²) in [6, 6.07) is 1.71. The Kier molecular flexibility index (Phi) is 3.43. The Morgan fingerprint density at radius 2 is 2.20 bits per heavy atom. The fourth-order valence-corrected chi connectivity index (χ4v) is 1.02. The molecule has 0 spiro atoms. The van der Waals surface area contributed by atoms with Gasteiger partial charge in [0.2, 0.25) is 5.95 Å². The van der Waals surface area contributed by atoms with Gasteiger partial charge >= 0.3 is 0 Å². The molecule has 1 aromatic heterocycles. The van der Waals surface area contributed by atoms with Crippen LogP contribution in [0.5, 0.6) is 0 Å². The van der Waals surface area contributed by atoms with Crippen LogP contribution in [0.4, 0.5) is 11.8 Å². The zero-order chi connectivity index (χ0) is 11.5. The van der Waals surface area contributed by atoms with E-state index in [4.69, 9.17) is 10.8 Å². The van der Waals surface area contributed by atoms with Crippen LogP contribution < -0.4 is 11.1 Å². The molecular weight excluding hydrogens is 196 g/mol. The molecule has 0 fully saturated rings. The molecule has 0 aliphatic heterocycles. The van der Waals surface area contributed by atoms with Gasteiger partial charge in [-0.25, -0.2) is 4.98 Å². The maximum Gasteiger partial charge on any atom is 0.222 e. The molecule has 0 aliphatic carbocycles. The molecule has 0 aliphatic rings. The van der Waals surface area contributed by atoms with Crippen molar-refractivity contribution in [3.8, 4) is 0 Å². The number of nitrogens with zero attached hydrogens (tertiary/aromatic N) is 2. The van der Waals surface area contributed by atoms with Crippen LogP contribution in [-0.4, -0.2) is 38.9 Å². The van der Waals surface area contributed by atoms with Gasteiger partial charge < -0.3 is 21.3 Å². The van der Waals surface area contributed by atoms with E-state index in [1.54, 1.807) is 13.0 Å². The van der Waals surface area contributed by atoms with E-state index in [0.717, 1.165) is 5.69 Å². The van der Waals surface area contributed by atoms with Crippen molar-refractivity contribution in [3.05, 3.63) is 11.8 Å². The second-order valence-corrected chi connectivity index (χ2v) is 3.76. The summed E-state index contributed by atoms with van der Waals surface area (Å²) in [7, 11) is 0. The fraction of sp³-hybridized carbons (Fsp3) is 0.556. The van der Waals surface area contributed by atoms with Crippen molar-refractivity contribution >= 4 is 11.8 Å². The maximum absolute atomic E-state index is 9.54. The highest BCUT2D eigenvalue weighted by Gasteiger charge is 2.18. The molecule has 0 aromatic carbocycles. The molecule has 0 saturated carbocycles. The predicted molar refractivity (Wildman–Crippen MR) is 57.4 cm³/mol. The number of rotatable bonds is 4. The molecule has 5 N–H and O–H groups in total. The van der Waals surface area contributed by atoms with Crippen molar-refractivity contribution in [2.75, 3.05) is 24.2 Å². The molecule has 6 heteroatoms. The van der Waals surface area contributed by atoms with Gasteiger partial charge in [0.05, 0.1) is 6.61 Å². The molecule has 1 rings (SSSR count). The van der Waals surface area contributed by atoms with Crippen molar-refractivity contribution in [1.29, 1.82) is 0 Å². The molecule has 15 heavy (non-hydrogen) atoms. The number of anilines is 2. The number of aliphatic hydroxyl groups is 2. The van der Waals surface area contributed by atoms with E-state index in [-0.39, 0.29) is 19.1 Å². The third-order valence-electron chi connectivity index (χ3n) is 1.86. The lowest BCUT2D eigenvalue weighted by atomic mass is 10.1. The van der Waals surface area contributed by atoms with Crippen molar-refractivity contribution in [2.24, 2.45) is 0 Å². The summed E-state index contributed by atoms with van der Waals surface area (Å²) >= 11 is 0. The van der Waals surface area contributed by atoms with Crippen LogP contribution in [0.25, 0.3) is 0 Å². The molecule has 0 bridgehead atoms. The van der Waals surface area contributed by atoms with E-state index < -0.39 is 5.60 Å². The standard InChI is InChI=1S/C9H16N4O2/c1-6-3-7(13-8(10)12-6)11-4-9(2,15)5-14/h3,14-15H,4-5H2,1-2H3,(H3,10,11,12,13). The summed E-state index contributed by atoms with van der Waals surface area (Å²) < 4.78 is 0. The largest absolute Gasteiger partial charge is 0.393 e. The van der Waals surface area contributed by atoms with Crippen LogP contribution in [0.15, 0.2) is 6.07 Å². The van der Waals surface area contributed by atoms with E-state index in [2.05, 4.69) is 15.3 Å². The molecule has 84 valence electrons. The average Bonchev–Trinajstić information content (AvgIpc) is 2.14. The summed E-state index contributed by atoms with van der Waals surface area (Å²) in [6.45, 7) is 3.20. The van der Waals surface area contributed by atoms with E-state index in [9.17, 15) is 5.11 Å². The quantitative estimate of drug-likeness (QED) is 0.537. The molecule has 1 unspecified atom stereocenters. The Morgan fingerprint density at radius 3 is 2.73 bits per heavy atom. The Bertz CT molecular complexity index is 321. The van der Waals surface area contributed by atoms with E-state index >= 15 is 0 Å². The molecule has 0 amide bonds. The number of aromatic nitrogens is 2. The summed E-state index contributed by atoms with van der Waals surface area (Å²) in [6.07, 6.45) is 0. The molecule has 1 aromatic rings. The van der Waals surface area contributed by atoms with Crippen molar-refractivity contribution in [3.63, 3.8) is 0 Å². The number of hydrogen-bond acceptors (Lipinski definition) is 6. The van der Waals surface area contributed by atoms with Crippen molar-refractivity contribution in [2.45, 2.75) is 19.4 Å². The third-order valence-corrected chi connectivity index (χ3v) is 1.86. The minimum atomic E-state index is -1.17. The van der Waals surface area contributed by atoms with Gasteiger partial charge in [0, 0.05) is 18.3 Å². The summed E-state index contributed by atoms with van der Waals surface area (Å²) in [5.74, 6) is 0.717. The highest BCUT2D eigenvalue weighted by Crippen LogP contribution is 2.09. The van der Waals surface area contributed by atoms with Crippen LogP contribution in [0, 0.1) is 6.92 Å². The highest BCUT2D eigenvalue weighted by molar-refractivity contribution is 5.40. The molecule has 1 atom stereocenters. The third kappa shape index (κ3) is 3.69. The monoisotopic (exact) mass is 212 g/mol. The van der Waals surface area contributed by atoms with Gasteiger partial charge in [-0.05, 0) is 13.8 Å². The number of nitrogens with one attached hydrogen (secondary N) is 1. The number of hydrogen-bond donors (Lipinski definition) is 4. The topological polar surface area (TPSA) is 104 Å².